The summed E-state index contributed by atoms with van der Waals surface area (Å²) in [6, 6.07) is 14.1. The van der Waals surface area contributed by atoms with Crippen molar-refractivity contribution < 1.29 is 14.0 Å². The van der Waals surface area contributed by atoms with Gasteiger partial charge in [-0.3, -0.25) is 9.63 Å². The summed E-state index contributed by atoms with van der Waals surface area (Å²) in [5.74, 6) is -0.393. The van der Waals surface area contributed by atoms with Crippen LogP contribution in [0.5, 0.6) is 0 Å². The molecule has 0 radical (unpaired) electrons. The van der Waals surface area contributed by atoms with Gasteiger partial charge in [-0.05, 0) is 17.7 Å². The van der Waals surface area contributed by atoms with Crippen LogP contribution in [-0.2, 0) is 11.4 Å². The van der Waals surface area contributed by atoms with E-state index in [1.54, 1.807) is 6.07 Å². The first-order valence-electron chi connectivity index (χ1n) is 5.25. The van der Waals surface area contributed by atoms with E-state index in [1.807, 2.05) is 30.3 Å². The van der Waals surface area contributed by atoms with Crippen molar-refractivity contribution in [3.8, 4) is 6.07 Å². The van der Waals surface area contributed by atoms with Crippen LogP contribution in [-0.4, -0.2) is 5.91 Å². The van der Waals surface area contributed by atoms with Crippen LogP contribution in [0.2, 0.25) is 0 Å². The second kappa shape index (κ2) is 5.66. The summed E-state index contributed by atoms with van der Waals surface area (Å²) < 4.78 is 4.94. The maximum atomic E-state index is 11.5. The number of nitrogens with zero attached hydrogens (tertiary/aromatic N) is 1. The molecular formula is C13H10N2O3. The molecule has 0 saturated heterocycles. The minimum Gasteiger partial charge on any atom is -0.440 e. The van der Waals surface area contributed by atoms with Crippen molar-refractivity contribution in [2.75, 3.05) is 0 Å². The molecule has 5 nitrogen and oxygen atoms in total. The van der Waals surface area contributed by atoms with Crippen LogP contribution in [0.1, 0.15) is 21.9 Å². The molecule has 0 aliphatic carbocycles. The van der Waals surface area contributed by atoms with Crippen molar-refractivity contribution in [1.29, 1.82) is 5.26 Å². The van der Waals surface area contributed by atoms with Crippen LogP contribution in [0, 0.1) is 11.3 Å². The summed E-state index contributed by atoms with van der Waals surface area (Å²) in [4.78, 5) is 16.6. The van der Waals surface area contributed by atoms with E-state index in [0.717, 1.165) is 5.56 Å². The highest BCUT2D eigenvalue weighted by Gasteiger charge is 2.10. The monoisotopic (exact) mass is 242 g/mol. The summed E-state index contributed by atoms with van der Waals surface area (Å²) in [5, 5.41) is 8.55. The average Bonchev–Trinajstić information content (AvgIpc) is 2.89. The van der Waals surface area contributed by atoms with Gasteiger partial charge in [-0.1, -0.05) is 30.3 Å². The summed E-state index contributed by atoms with van der Waals surface area (Å²) >= 11 is 0. The summed E-state index contributed by atoms with van der Waals surface area (Å²) in [6.45, 7) is 0.262. The molecule has 18 heavy (non-hydrogen) atoms. The molecule has 0 aliphatic rings. The number of benzene rings is 1. The topological polar surface area (TPSA) is 75.3 Å². The van der Waals surface area contributed by atoms with E-state index in [2.05, 4.69) is 5.48 Å². The molecule has 0 aliphatic heterocycles. The number of rotatable bonds is 4. The highest BCUT2D eigenvalue weighted by atomic mass is 16.7. The van der Waals surface area contributed by atoms with Gasteiger partial charge < -0.3 is 4.42 Å². The number of furan rings is 1. The molecule has 0 saturated carbocycles. The normalized spacial score (nSPS) is 9.72. The van der Waals surface area contributed by atoms with Crippen molar-refractivity contribution in [1.82, 2.24) is 5.48 Å². The van der Waals surface area contributed by atoms with E-state index in [9.17, 15) is 4.79 Å². The van der Waals surface area contributed by atoms with Crippen molar-refractivity contribution in [3.05, 3.63) is 59.5 Å². The zero-order chi connectivity index (χ0) is 12.8. The van der Waals surface area contributed by atoms with Crippen molar-refractivity contribution >= 4 is 5.91 Å². The molecule has 0 atom stereocenters. The Kier molecular flexibility index (Phi) is 3.74. The Balaban J connectivity index is 1.84. The van der Waals surface area contributed by atoms with Crippen LogP contribution < -0.4 is 5.48 Å². The molecule has 90 valence electrons. The second-order valence-electron chi connectivity index (χ2n) is 3.48. The standard InChI is InChI=1S/C13H10N2O3/c14-8-11-6-7-12(18-11)13(16)15-17-9-10-4-2-1-3-5-10/h1-7H,9H2,(H,15,16). The Morgan fingerprint density at radius 3 is 2.72 bits per heavy atom. The molecule has 1 aromatic heterocycles. The predicted octanol–water partition coefficient (Wildman–Crippen LogP) is 2.01. The summed E-state index contributed by atoms with van der Waals surface area (Å²) in [6.07, 6.45) is 0. The Bertz CT molecular complexity index is 569. The van der Waals surface area contributed by atoms with E-state index >= 15 is 0 Å². The fourth-order valence-electron chi connectivity index (χ4n) is 1.33. The van der Waals surface area contributed by atoms with Gasteiger partial charge in [0.1, 0.15) is 6.07 Å². The second-order valence-corrected chi connectivity index (χ2v) is 3.48. The third-order valence-electron chi connectivity index (χ3n) is 2.19. The van der Waals surface area contributed by atoms with Gasteiger partial charge in [0, 0.05) is 0 Å². The van der Waals surface area contributed by atoms with Crippen LogP contribution >= 0.6 is 0 Å². The van der Waals surface area contributed by atoms with Crippen molar-refractivity contribution in [2.45, 2.75) is 6.61 Å². The number of hydrogen-bond acceptors (Lipinski definition) is 4. The first kappa shape index (κ1) is 11.9. The van der Waals surface area contributed by atoms with Gasteiger partial charge in [-0.2, -0.15) is 5.26 Å². The van der Waals surface area contributed by atoms with Gasteiger partial charge in [0.25, 0.3) is 0 Å². The molecule has 1 heterocycles. The Hall–Kier alpha value is -2.58. The first-order valence-corrected chi connectivity index (χ1v) is 5.25. The molecule has 1 aromatic carbocycles. The van der Waals surface area contributed by atoms with E-state index in [-0.39, 0.29) is 18.1 Å². The maximum Gasteiger partial charge on any atom is 0.310 e. The Labute approximate surface area is 104 Å². The van der Waals surface area contributed by atoms with Crippen LogP contribution in [0.25, 0.3) is 0 Å². The van der Waals surface area contributed by atoms with E-state index in [4.69, 9.17) is 14.5 Å². The number of hydroxylamine groups is 1. The van der Waals surface area contributed by atoms with Crippen LogP contribution in [0.15, 0.2) is 46.9 Å². The van der Waals surface area contributed by atoms with Gasteiger partial charge in [0.05, 0.1) is 6.61 Å². The lowest BCUT2D eigenvalue weighted by molar-refractivity contribution is 0.0212. The third-order valence-corrected chi connectivity index (χ3v) is 2.19. The lowest BCUT2D eigenvalue weighted by atomic mass is 10.2. The summed E-state index contributed by atoms with van der Waals surface area (Å²) in [5.41, 5.74) is 3.18. The van der Waals surface area contributed by atoms with E-state index < -0.39 is 5.91 Å². The number of nitriles is 1. The first-order chi connectivity index (χ1) is 8.79. The lowest BCUT2D eigenvalue weighted by Gasteiger charge is -2.03. The van der Waals surface area contributed by atoms with E-state index in [1.165, 1.54) is 12.1 Å². The van der Waals surface area contributed by atoms with Gasteiger partial charge in [-0.15, -0.1) is 0 Å². The highest BCUT2D eigenvalue weighted by Crippen LogP contribution is 2.06. The molecule has 1 N–H and O–H groups in total. The fourth-order valence-corrected chi connectivity index (χ4v) is 1.33. The Morgan fingerprint density at radius 2 is 2.06 bits per heavy atom. The fraction of sp³-hybridized carbons (Fsp3) is 0.0769. The van der Waals surface area contributed by atoms with Gasteiger partial charge in [0.15, 0.2) is 5.76 Å². The molecule has 2 aromatic rings. The van der Waals surface area contributed by atoms with Crippen LogP contribution in [0.4, 0.5) is 0 Å². The van der Waals surface area contributed by atoms with E-state index in [0.29, 0.717) is 0 Å². The minimum atomic E-state index is -0.521. The number of carbonyl (C=O) groups excluding carboxylic acids is 1. The van der Waals surface area contributed by atoms with Gasteiger partial charge >= 0.3 is 5.91 Å². The van der Waals surface area contributed by atoms with Crippen molar-refractivity contribution in [3.63, 3.8) is 0 Å². The summed E-state index contributed by atoms with van der Waals surface area (Å²) in [7, 11) is 0. The Morgan fingerprint density at radius 1 is 1.28 bits per heavy atom. The highest BCUT2D eigenvalue weighted by molar-refractivity contribution is 5.90. The number of nitrogens with one attached hydrogen (secondary N) is 1. The molecule has 0 fully saturated rings. The molecule has 0 bridgehead atoms. The quantitative estimate of drug-likeness (QED) is 0.832. The zero-order valence-corrected chi connectivity index (χ0v) is 9.42. The van der Waals surface area contributed by atoms with Crippen LogP contribution in [0.3, 0.4) is 0 Å². The number of hydrogen-bond donors (Lipinski definition) is 1. The molecular weight excluding hydrogens is 232 g/mol. The molecule has 1 amide bonds. The SMILES string of the molecule is N#Cc1ccc(C(=O)NOCc2ccccc2)o1. The predicted molar refractivity (Wildman–Crippen MR) is 62.1 cm³/mol. The zero-order valence-electron chi connectivity index (χ0n) is 9.42. The van der Waals surface area contributed by atoms with Crippen molar-refractivity contribution in [2.24, 2.45) is 0 Å². The molecule has 0 unspecified atom stereocenters. The van der Waals surface area contributed by atoms with Gasteiger partial charge in [0.2, 0.25) is 5.76 Å². The average molecular weight is 242 g/mol. The maximum absolute atomic E-state index is 11.5. The number of amides is 1. The molecule has 2 rings (SSSR count). The largest absolute Gasteiger partial charge is 0.440 e. The lowest BCUT2D eigenvalue weighted by Crippen LogP contribution is -2.23. The smallest absolute Gasteiger partial charge is 0.310 e. The molecule has 0 spiro atoms. The number of carbonyl (C=O) groups is 1. The van der Waals surface area contributed by atoms with Gasteiger partial charge in [-0.25, -0.2) is 5.48 Å². The minimum absolute atomic E-state index is 0.0413. The third kappa shape index (κ3) is 2.97. The molecule has 5 heteroatoms.